The van der Waals surface area contributed by atoms with Crippen LogP contribution in [0.15, 0.2) is 60.0 Å². The maximum Gasteiger partial charge on any atom is 0.323 e. The third kappa shape index (κ3) is 6.15. The number of rotatable bonds is 10. The van der Waals surface area contributed by atoms with E-state index in [1.165, 1.54) is 35.7 Å². The summed E-state index contributed by atoms with van der Waals surface area (Å²) in [5, 5.41) is 11.5. The van der Waals surface area contributed by atoms with E-state index >= 15 is 0 Å². The van der Waals surface area contributed by atoms with Gasteiger partial charge in [-0.15, -0.1) is 0 Å². The Bertz CT molecular complexity index is 1290. The van der Waals surface area contributed by atoms with Crippen LogP contribution < -0.4 is 0 Å². The predicted molar refractivity (Wildman–Crippen MR) is 143 cm³/mol. The first-order valence-electron chi connectivity index (χ1n) is 12.1. The van der Waals surface area contributed by atoms with Crippen molar-refractivity contribution in [2.24, 2.45) is 0 Å². The number of hydrogen-bond acceptors (Lipinski definition) is 7. The molecule has 0 aliphatic carbocycles. The number of para-hydroxylation sites is 1. The molecule has 0 spiro atoms. The highest BCUT2D eigenvalue weighted by molar-refractivity contribution is 7.89. The second kappa shape index (κ2) is 12.3. The predicted octanol–water partition coefficient (Wildman–Crippen LogP) is 4.14. The first-order valence-corrected chi connectivity index (χ1v) is 13.6. The molecule has 0 N–H and O–H groups in total. The fourth-order valence-electron chi connectivity index (χ4n) is 4.73. The Hall–Kier alpha value is -3.34. The monoisotopic (exact) mass is 527 g/mol. The van der Waals surface area contributed by atoms with E-state index in [0.717, 1.165) is 16.7 Å². The molecule has 1 fully saturated rings. The topological polar surface area (TPSA) is 110 Å². The number of methoxy groups -OCH3 is 1. The normalized spacial score (nSPS) is 18.0. The number of nitro benzene ring substituents is 1. The summed E-state index contributed by atoms with van der Waals surface area (Å²) in [4.78, 5) is 25.3. The van der Waals surface area contributed by atoms with Gasteiger partial charge in [0.05, 0.1) is 12.0 Å². The highest BCUT2D eigenvalue weighted by Gasteiger charge is 2.41. The Morgan fingerprint density at radius 3 is 2.59 bits per heavy atom. The van der Waals surface area contributed by atoms with Crippen LogP contribution in [-0.4, -0.2) is 67.3 Å². The summed E-state index contributed by atoms with van der Waals surface area (Å²) in [7, 11) is -2.78. The summed E-state index contributed by atoms with van der Waals surface area (Å²) in [6.45, 7) is 8.32. The number of carbonyl (C=O) groups excluding carboxylic acids is 1. The van der Waals surface area contributed by atoms with Crippen LogP contribution in [0.25, 0.3) is 12.2 Å². The van der Waals surface area contributed by atoms with Crippen molar-refractivity contribution < 1.29 is 22.9 Å². The van der Waals surface area contributed by atoms with E-state index in [4.69, 9.17) is 4.74 Å². The molecule has 2 aromatic rings. The molecule has 2 aromatic carbocycles. The van der Waals surface area contributed by atoms with Crippen molar-refractivity contribution in [2.75, 3.05) is 26.7 Å². The van der Waals surface area contributed by atoms with Gasteiger partial charge in [0, 0.05) is 31.7 Å². The number of allylic oxidation sites excluding steroid dienone is 1. The molecular formula is C27H33N3O6S. The van der Waals surface area contributed by atoms with Gasteiger partial charge < -0.3 is 4.74 Å². The molecule has 9 nitrogen and oxygen atoms in total. The van der Waals surface area contributed by atoms with Crippen molar-refractivity contribution >= 4 is 33.8 Å². The molecule has 1 aliphatic rings. The third-order valence-corrected chi connectivity index (χ3v) is 8.64. The van der Waals surface area contributed by atoms with Crippen molar-refractivity contribution in [3.63, 3.8) is 0 Å². The average Bonchev–Trinajstić information content (AvgIpc) is 2.91. The lowest BCUT2D eigenvalue weighted by atomic mass is 9.97. The highest BCUT2D eigenvalue weighted by Crippen LogP contribution is 2.30. The Morgan fingerprint density at radius 1 is 1.24 bits per heavy atom. The Kier molecular flexibility index (Phi) is 9.36. The fraction of sp³-hybridized carbons (Fsp3) is 0.370. The minimum absolute atomic E-state index is 0.0968. The van der Waals surface area contributed by atoms with Gasteiger partial charge >= 0.3 is 5.97 Å². The number of benzene rings is 2. The van der Waals surface area contributed by atoms with E-state index in [1.807, 2.05) is 49.1 Å². The van der Waals surface area contributed by atoms with Crippen molar-refractivity contribution in [3.8, 4) is 0 Å². The van der Waals surface area contributed by atoms with Gasteiger partial charge in [0.2, 0.25) is 10.0 Å². The molecule has 0 aromatic heterocycles. The molecule has 0 amide bonds. The molecule has 2 unspecified atom stereocenters. The number of piperazine rings is 1. The van der Waals surface area contributed by atoms with Gasteiger partial charge in [0.15, 0.2) is 4.90 Å². The first kappa shape index (κ1) is 28.2. The average molecular weight is 528 g/mol. The van der Waals surface area contributed by atoms with Crippen LogP contribution in [0.5, 0.6) is 0 Å². The van der Waals surface area contributed by atoms with Crippen molar-refractivity contribution in [3.05, 3.63) is 81.9 Å². The van der Waals surface area contributed by atoms with Gasteiger partial charge in [-0.2, -0.15) is 4.31 Å². The summed E-state index contributed by atoms with van der Waals surface area (Å²) in [6.07, 6.45) is 6.56. The van der Waals surface area contributed by atoms with Crippen LogP contribution in [0.1, 0.15) is 37.0 Å². The standard InChI is InChI=1S/C27H33N3O6S/c1-5-10-22-17-20(13-14-21(22)6-2)18-25(27(31)36-4)28-15-16-29(23(7-3)19-28)37(34,35)26-12-9-8-11-24(26)30(32)33/h5-6,8-14,17,23,25H,2,7,15-16,18-19H2,1,3-4H3/b10-5-. The molecule has 0 bridgehead atoms. The number of nitrogens with zero attached hydrogens (tertiary/aromatic N) is 3. The van der Waals surface area contributed by atoms with Crippen LogP contribution in [0.4, 0.5) is 5.69 Å². The second-order valence-electron chi connectivity index (χ2n) is 8.81. The summed E-state index contributed by atoms with van der Waals surface area (Å²) in [6, 6.07) is 10.2. The van der Waals surface area contributed by atoms with E-state index in [1.54, 1.807) is 6.08 Å². The molecule has 198 valence electrons. The van der Waals surface area contributed by atoms with E-state index in [9.17, 15) is 23.3 Å². The summed E-state index contributed by atoms with van der Waals surface area (Å²) in [5.41, 5.74) is 2.46. The van der Waals surface area contributed by atoms with E-state index < -0.39 is 38.7 Å². The zero-order valence-electron chi connectivity index (χ0n) is 21.4. The van der Waals surface area contributed by atoms with Gasteiger partial charge in [-0.1, -0.05) is 62.1 Å². The van der Waals surface area contributed by atoms with Crippen LogP contribution in [0.2, 0.25) is 0 Å². The SMILES string of the molecule is C=Cc1ccc(CC(C(=O)OC)N2CCN(S(=O)(=O)c3ccccc3[N+](=O)[O-])C(CC)C2)cc1/C=C\C. The lowest BCUT2D eigenvalue weighted by Crippen LogP contribution is -2.59. The van der Waals surface area contributed by atoms with Crippen LogP contribution in [-0.2, 0) is 26.0 Å². The molecule has 1 saturated heterocycles. The second-order valence-corrected chi connectivity index (χ2v) is 10.7. The highest BCUT2D eigenvalue weighted by atomic mass is 32.2. The molecular weight excluding hydrogens is 494 g/mol. The zero-order valence-corrected chi connectivity index (χ0v) is 22.2. The first-order chi connectivity index (χ1) is 17.7. The minimum Gasteiger partial charge on any atom is -0.468 e. The maximum atomic E-state index is 13.5. The summed E-state index contributed by atoms with van der Waals surface area (Å²) >= 11 is 0. The number of hydrogen-bond donors (Lipinski definition) is 0. The van der Waals surface area contributed by atoms with E-state index in [0.29, 0.717) is 19.4 Å². The largest absolute Gasteiger partial charge is 0.468 e. The van der Waals surface area contributed by atoms with Crippen LogP contribution >= 0.6 is 0 Å². The van der Waals surface area contributed by atoms with Crippen LogP contribution in [0.3, 0.4) is 0 Å². The van der Waals surface area contributed by atoms with Crippen LogP contribution in [0, 0.1) is 10.1 Å². The van der Waals surface area contributed by atoms with Gasteiger partial charge in [0.1, 0.15) is 6.04 Å². The Labute approximate surface area is 218 Å². The number of sulfonamides is 1. The van der Waals surface area contributed by atoms with E-state index in [-0.39, 0.29) is 18.0 Å². The lowest BCUT2D eigenvalue weighted by Gasteiger charge is -2.42. The molecule has 3 rings (SSSR count). The molecule has 0 radical (unpaired) electrons. The smallest absolute Gasteiger partial charge is 0.323 e. The summed E-state index contributed by atoms with van der Waals surface area (Å²) in [5.74, 6) is -0.398. The maximum absolute atomic E-state index is 13.5. The van der Waals surface area contributed by atoms with Crippen molar-refractivity contribution in [1.82, 2.24) is 9.21 Å². The van der Waals surface area contributed by atoms with Gasteiger partial charge in [-0.05, 0) is 42.5 Å². The third-order valence-electron chi connectivity index (χ3n) is 6.64. The molecule has 1 heterocycles. The van der Waals surface area contributed by atoms with E-state index in [2.05, 4.69) is 6.58 Å². The molecule has 1 aliphatic heterocycles. The number of carbonyl (C=O) groups is 1. The Morgan fingerprint density at radius 2 is 1.97 bits per heavy atom. The van der Waals surface area contributed by atoms with Gasteiger partial charge in [-0.3, -0.25) is 19.8 Å². The summed E-state index contributed by atoms with van der Waals surface area (Å²) < 4.78 is 33.4. The zero-order chi connectivity index (χ0) is 27.2. The fourth-order valence-corrected chi connectivity index (χ4v) is 6.57. The quantitative estimate of drug-likeness (QED) is 0.259. The lowest BCUT2D eigenvalue weighted by molar-refractivity contribution is -0.387. The Balaban J connectivity index is 1.89. The number of nitro groups is 1. The number of esters is 1. The molecule has 2 atom stereocenters. The van der Waals surface area contributed by atoms with Crippen molar-refractivity contribution in [1.29, 1.82) is 0 Å². The minimum atomic E-state index is -4.12. The van der Waals surface area contributed by atoms with Gasteiger partial charge in [0.25, 0.3) is 5.69 Å². The molecule has 37 heavy (non-hydrogen) atoms. The van der Waals surface area contributed by atoms with Crippen molar-refractivity contribution in [2.45, 2.75) is 43.7 Å². The molecule has 10 heteroatoms. The van der Waals surface area contributed by atoms with Gasteiger partial charge in [-0.25, -0.2) is 8.42 Å². The molecule has 0 saturated carbocycles. The number of ether oxygens (including phenoxy) is 1.